The first-order chi connectivity index (χ1) is 15.9. The van der Waals surface area contributed by atoms with E-state index in [0.29, 0.717) is 25.9 Å². The van der Waals surface area contributed by atoms with Crippen molar-refractivity contribution in [2.75, 3.05) is 26.3 Å². The fourth-order valence-corrected chi connectivity index (χ4v) is 8.04. The molecular weight excluding hydrogens is 440 g/mol. The molecule has 0 radical (unpaired) electrons. The smallest absolute Gasteiger partial charge is 0.311 e. The monoisotopic (exact) mass is 478 g/mol. The van der Waals surface area contributed by atoms with E-state index in [1.807, 2.05) is 6.92 Å². The Morgan fingerprint density at radius 3 is 2.70 bits per heavy atom. The van der Waals surface area contributed by atoms with E-state index in [1.165, 1.54) is 6.08 Å². The van der Waals surface area contributed by atoms with Crippen LogP contribution in [0.1, 0.15) is 52.4 Å². The zero-order valence-electron chi connectivity index (χ0n) is 19.9. The first kappa shape index (κ1) is 25.8. The Bertz CT molecular complexity index is 770. The summed E-state index contributed by atoms with van der Waals surface area (Å²) in [7, 11) is 0. The van der Waals surface area contributed by atoms with E-state index in [9.17, 15) is 19.5 Å². The Kier molecular flexibility index (Phi) is 8.67. The number of thioether (sulfide) groups is 1. The van der Waals surface area contributed by atoms with Gasteiger partial charge in [-0.05, 0) is 25.7 Å². The van der Waals surface area contributed by atoms with Crippen LogP contribution in [0.15, 0.2) is 25.3 Å². The minimum Gasteiger partial charge on any atom is -0.461 e. The van der Waals surface area contributed by atoms with Crippen molar-refractivity contribution in [1.29, 1.82) is 0 Å². The Morgan fingerprint density at radius 2 is 2.09 bits per heavy atom. The zero-order chi connectivity index (χ0) is 24.2. The lowest BCUT2D eigenvalue weighted by atomic mass is 9.71. The van der Waals surface area contributed by atoms with Crippen LogP contribution in [0.3, 0.4) is 0 Å². The molecule has 3 heterocycles. The molecule has 6 atom stereocenters. The minimum atomic E-state index is -0.694. The summed E-state index contributed by atoms with van der Waals surface area (Å²) in [6, 6.07) is -1.15. The predicted octanol–water partition coefficient (Wildman–Crippen LogP) is 2.78. The van der Waals surface area contributed by atoms with Gasteiger partial charge in [0.25, 0.3) is 0 Å². The maximum absolute atomic E-state index is 14.1. The second-order valence-electron chi connectivity index (χ2n) is 9.24. The third-order valence-electron chi connectivity index (χ3n) is 7.36. The van der Waals surface area contributed by atoms with Crippen molar-refractivity contribution in [3.63, 3.8) is 0 Å². The number of fused-ring (bicyclic) bond motifs is 1. The van der Waals surface area contributed by atoms with Crippen LogP contribution in [-0.2, 0) is 19.1 Å². The summed E-state index contributed by atoms with van der Waals surface area (Å²) < 4.78 is 4.71. The molecule has 8 heteroatoms. The average molecular weight is 479 g/mol. The van der Waals surface area contributed by atoms with E-state index >= 15 is 0 Å². The number of likely N-dealkylation sites (tertiary alicyclic amines) is 1. The van der Waals surface area contributed by atoms with Gasteiger partial charge >= 0.3 is 5.97 Å². The highest BCUT2D eigenvalue weighted by Gasteiger charge is 2.74. The molecule has 0 aromatic rings. The highest BCUT2D eigenvalue weighted by Crippen LogP contribution is 2.67. The lowest BCUT2D eigenvalue weighted by molar-refractivity contribution is -0.153. The van der Waals surface area contributed by atoms with Gasteiger partial charge in [-0.2, -0.15) is 0 Å². The molecule has 7 nitrogen and oxygen atoms in total. The second kappa shape index (κ2) is 11.1. The number of ether oxygens (including phenoxy) is 1. The lowest BCUT2D eigenvalue weighted by Gasteiger charge is -2.39. The van der Waals surface area contributed by atoms with E-state index in [1.54, 1.807) is 27.6 Å². The SMILES string of the molecule is C=CCOC(=O)[C@@H]1[C@@H]2CCC3(S2)C(C(=O)N(CC=C)CCCCC)N([C@@H](CC)CO)C(=O)[C@H]13. The van der Waals surface area contributed by atoms with Crippen molar-refractivity contribution in [3.05, 3.63) is 25.3 Å². The summed E-state index contributed by atoms with van der Waals surface area (Å²) in [6.07, 6.45) is 8.20. The van der Waals surface area contributed by atoms with Crippen LogP contribution < -0.4 is 0 Å². The Labute approximate surface area is 201 Å². The van der Waals surface area contributed by atoms with Crippen molar-refractivity contribution in [3.8, 4) is 0 Å². The second-order valence-corrected chi connectivity index (χ2v) is 10.8. The van der Waals surface area contributed by atoms with E-state index in [2.05, 4.69) is 20.1 Å². The molecule has 0 saturated carbocycles. The maximum Gasteiger partial charge on any atom is 0.311 e. The van der Waals surface area contributed by atoms with Gasteiger partial charge in [0, 0.05) is 18.3 Å². The molecule has 0 aromatic carbocycles. The van der Waals surface area contributed by atoms with Crippen molar-refractivity contribution < 1.29 is 24.2 Å². The number of unbranched alkanes of at least 4 members (excludes halogenated alkanes) is 2. The number of hydrogen-bond donors (Lipinski definition) is 1. The largest absolute Gasteiger partial charge is 0.461 e. The summed E-state index contributed by atoms with van der Waals surface area (Å²) in [6.45, 7) is 12.4. The van der Waals surface area contributed by atoms with Gasteiger partial charge in [-0.25, -0.2) is 0 Å². The van der Waals surface area contributed by atoms with Gasteiger partial charge in [-0.3, -0.25) is 14.4 Å². The van der Waals surface area contributed by atoms with Gasteiger partial charge in [0.15, 0.2) is 0 Å². The molecule has 0 aliphatic carbocycles. The van der Waals surface area contributed by atoms with Crippen LogP contribution in [0, 0.1) is 11.8 Å². The third-order valence-corrected chi connectivity index (χ3v) is 9.31. The highest BCUT2D eigenvalue weighted by atomic mass is 32.2. The first-order valence-electron chi connectivity index (χ1n) is 12.2. The molecule has 1 N–H and O–H groups in total. The third kappa shape index (κ3) is 4.48. The first-order valence-corrected chi connectivity index (χ1v) is 13.1. The van der Waals surface area contributed by atoms with E-state index < -0.39 is 28.7 Å². The standard InChI is InChI=1S/C25H38N2O5S/c1-5-9-10-14-26(13-6-2)23(30)21-25-12-11-18(33-25)19(24(31)32-15-7-3)20(25)22(29)27(21)17(8-4)16-28/h6-7,17-21,28H,2-3,5,8-16H2,1,4H3/t17-,18-,19+,20-,21?,25?/m0/s1. The molecule has 3 saturated heterocycles. The van der Waals surface area contributed by atoms with Crippen molar-refractivity contribution in [2.45, 2.75) is 74.5 Å². The molecular formula is C25H38N2O5S. The molecule has 2 bridgehead atoms. The fraction of sp³-hybridized carbons (Fsp3) is 0.720. The normalized spacial score (nSPS) is 30.8. The van der Waals surface area contributed by atoms with Crippen LogP contribution in [0.5, 0.6) is 0 Å². The number of carbonyl (C=O) groups excluding carboxylic acids is 3. The van der Waals surface area contributed by atoms with Crippen LogP contribution >= 0.6 is 11.8 Å². The van der Waals surface area contributed by atoms with Crippen LogP contribution in [0.2, 0.25) is 0 Å². The molecule has 2 unspecified atom stereocenters. The van der Waals surface area contributed by atoms with Crippen LogP contribution in [-0.4, -0.2) is 81.1 Å². The van der Waals surface area contributed by atoms with Gasteiger partial charge in [0.1, 0.15) is 12.6 Å². The number of aliphatic hydroxyl groups excluding tert-OH is 1. The molecule has 3 aliphatic heterocycles. The van der Waals surface area contributed by atoms with Crippen molar-refractivity contribution >= 4 is 29.5 Å². The van der Waals surface area contributed by atoms with Gasteiger partial charge < -0.3 is 19.6 Å². The van der Waals surface area contributed by atoms with E-state index in [-0.39, 0.29) is 36.2 Å². The van der Waals surface area contributed by atoms with Crippen molar-refractivity contribution in [2.24, 2.45) is 11.8 Å². The predicted molar refractivity (Wildman–Crippen MR) is 130 cm³/mol. The topological polar surface area (TPSA) is 87.2 Å². The molecule has 3 aliphatic rings. The molecule has 3 fully saturated rings. The molecule has 184 valence electrons. The Morgan fingerprint density at radius 1 is 1.33 bits per heavy atom. The number of amides is 2. The molecule has 1 spiro atoms. The number of rotatable bonds is 13. The van der Waals surface area contributed by atoms with E-state index in [0.717, 1.165) is 25.7 Å². The number of esters is 1. The molecule has 0 aromatic heterocycles. The lowest BCUT2D eigenvalue weighted by Crippen LogP contribution is -2.57. The minimum absolute atomic E-state index is 0.0316. The van der Waals surface area contributed by atoms with Gasteiger partial charge in [0.2, 0.25) is 11.8 Å². The maximum atomic E-state index is 14.1. The summed E-state index contributed by atoms with van der Waals surface area (Å²) in [5, 5.41) is 10.1. The van der Waals surface area contributed by atoms with Crippen LogP contribution in [0.4, 0.5) is 0 Å². The quantitative estimate of drug-likeness (QED) is 0.249. The van der Waals surface area contributed by atoms with Gasteiger partial charge in [0.05, 0.1) is 29.2 Å². The zero-order valence-corrected chi connectivity index (χ0v) is 20.7. The Hall–Kier alpha value is -1.80. The molecule has 2 amide bonds. The highest BCUT2D eigenvalue weighted by molar-refractivity contribution is 8.02. The fourth-order valence-electron chi connectivity index (χ4n) is 5.86. The number of carbonyl (C=O) groups is 3. The van der Waals surface area contributed by atoms with Gasteiger partial charge in [-0.1, -0.05) is 45.4 Å². The number of hydrogen-bond acceptors (Lipinski definition) is 6. The van der Waals surface area contributed by atoms with Crippen LogP contribution in [0.25, 0.3) is 0 Å². The summed E-state index contributed by atoms with van der Waals surface area (Å²) in [5.74, 6) is -1.85. The summed E-state index contributed by atoms with van der Waals surface area (Å²) >= 11 is 1.62. The molecule has 3 rings (SSSR count). The van der Waals surface area contributed by atoms with Crippen molar-refractivity contribution in [1.82, 2.24) is 9.80 Å². The van der Waals surface area contributed by atoms with Gasteiger partial charge in [-0.15, -0.1) is 18.3 Å². The van der Waals surface area contributed by atoms with E-state index in [4.69, 9.17) is 4.74 Å². The Balaban J connectivity index is 2.00. The summed E-state index contributed by atoms with van der Waals surface area (Å²) in [4.78, 5) is 44.3. The average Bonchev–Trinajstić information content (AvgIpc) is 3.45. The number of nitrogens with zero attached hydrogens (tertiary/aromatic N) is 2. The molecule has 33 heavy (non-hydrogen) atoms. The summed E-state index contributed by atoms with van der Waals surface area (Å²) in [5.41, 5.74) is 0. The number of aliphatic hydroxyl groups is 1.